The largest absolute Gasteiger partial charge is 0.405 e. The van der Waals surface area contributed by atoms with Crippen LogP contribution in [0.2, 0.25) is 0 Å². The second-order valence-corrected chi connectivity index (χ2v) is 7.33. The Hall–Kier alpha value is -3.81. The lowest BCUT2D eigenvalue weighted by molar-refractivity contribution is -0.384. The van der Waals surface area contributed by atoms with E-state index in [4.69, 9.17) is 10.5 Å². The maximum atomic E-state index is 13.4. The van der Waals surface area contributed by atoms with Gasteiger partial charge in [-0.1, -0.05) is 0 Å². The number of alkyl halides is 3. The average molecular weight is 500 g/mol. The number of anilines is 1. The summed E-state index contributed by atoms with van der Waals surface area (Å²) in [4.78, 5) is 29.9. The number of halogens is 4. The van der Waals surface area contributed by atoms with Crippen LogP contribution in [0.1, 0.15) is 17.7 Å². The minimum atomic E-state index is -4.47. The molecule has 1 aliphatic rings. The molecule has 0 aliphatic carbocycles. The molecule has 0 spiro atoms. The Labute approximate surface area is 197 Å². The number of amides is 1. The van der Waals surface area contributed by atoms with E-state index in [1.807, 2.05) is 0 Å². The Morgan fingerprint density at radius 1 is 1.34 bits per heavy atom. The van der Waals surface area contributed by atoms with Crippen molar-refractivity contribution in [2.24, 2.45) is 10.7 Å². The van der Waals surface area contributed by atoms with Crippen molar-refractivity contribution in [1.82, 2.24) is 9.88 Å². The number of hydrogen-bond donors (Lipinski definition) is 2. The summed E-state index contributed by atoms with van der Waals surface area (Å²) in [6, 6.07) is 3.92. The minimum Gasteiger partial charge on any atom is -0.383 e. The number of aliphatic imine (C=N–C) groups is 1. The summed E-state index contributed by atoms with van der Waals surface area (Å²) in [6.07, 6.45) is -1.44. The lowest BCUT2D eigenvalue weighted by Crippen LogP contribution is -2.24. The summed E-state index contributed by atoms with van der Waals surface area (Å²) in [5, 5.41) is 13.2. The monoisotopic (exact) mass is 500 g/mol. The molecule has 35 heavy (non-hydrogen) atoms. The van der Waals surface area contributed by atoms with E-state index in [9.17, 15) is 32.5 Å². The van der Waals surface area contributed by atoms with E-state index in [0.29, 0.717) is 12.3 Å². The van der Waals surface area contributed by atoms with Crippen molar-refractivity contribution in [2.45, 2.75) is 19.5 Å². The number of nitro groups is 1. The normalized spacial score (nSPS) is 14.4. The van der Waals surface area contributed by atoms with Gasteiger partial charge in [-0.25, -0.2) is 9.38 Å². The Balaban J connectivity index is 0.000000402. The van der Waals surface area contributed by atoms with E-state index in [1.54, 1.807) is 11.8 Å². The first-order valence-corrected chi connectivity index (χ1v) is 10.3. The maximum Gasteiger partial charge on any atom is 0.405 e. The van der Waals surface area contributed by atoms with Gasteiger partial charge in [-0.15, -0.1) is 0 Å². The van der Waals surface area contributed by atoms with Crippen LogP contribution in [0.5, 0.6) is 0 Å². The predicted octanol–water partition coefficient (Wildman–Crippen LogP) is 3.31. The van der Waals surface area contributed by atoms with Crippen molar-refractivity contribution in [1.29, 1.82) is 0 Å². The third-order valence-electron chi connectivity index (χ3n) is 4.58. The van der Waals surface area contributed by atoms with Crippen LogP contribution < -0.4 is 11.1 Å². The van der Waals surface area contributed by atoms with Gasteiger partial charge in [-0.2, -0.15) is 13.2 Å². The van der Waals surface area contributed by atoms with E-state index < -0.39 is 29.1 Å². The SMILES string of the molecule is Cc1cc(NCC(F)(F)F)c(C(N)=Nc2cc(F)ccc2[N+](=O)[O-])cn1.O=CN1CCCOCC1. The fourth-order valence-electron chi connectivity index (χ4n) is 2.91. The van der Waals surface area contributed by atoms with Gasteiger partial charge in [0.1, 0.15) is 23.9 Å². The number of carbonyl (C=O) groups is 1. The lowest BCUT2D eigenvalue weighted by atomic mass is 10.2. The van der Waals surface area contributed by atoms with Gasteiger partial charge in [0, 0.05) is 49.4 Å². The fourth-order valence-corrected chi connectivity index (χ4v) is 2.91. The number of nitrogens with zero attached hydrogens (tertiary/aromatic N) is 4. The summed E-state index contributed by atoms with van der Waals surface area (Å²) in [7, 11) is 0. The molecule has 0 unspecified atom stereocenters. The zero-order valence-corrected chi connectivity index (χ0v) is 18.7. The van der Waals surface area contributed by atoms with Crippen LogP contribution in [0.15, 0.2) is 35.5 Å². The molecule has 0 saturated carbocycles. The number of hydrogen-bond acceptors (Lipinski definition) is 7. The van der Waals surface area contributed by atoms with Gasteiger partial charge in [-0.3, -0.25) is 19.9 Å². The zero-order valence-electron chi connectivity index (χ0n) is 18.7. The molecule has 0 atom stereocenters. The molecule has 14 heteroatoms. The molecular formula is C21H24F4N6O4. The van der Waals surface area contributed by atoms with Crippen LogP contribution in [-0.2, 0) is 9.53 Å². The molecule has 1 amide bonds. The van der Waals surface area contributed by atoms with E-state index in [2.05, 4.69) is 15.3 Å². The molecule has 0 bridgehead atoms. The van der Waals surface area contributed by atoms with Gasteiger partial charge >= 0.3 is 6.18 Å². The second-order valence-electron chi connectivity index (χ2n) is 7.33. The number of nitro benzene ring substituents is 1. The molecule has 190 valence electrons. The summed E-state index contributed by atoms with van der Waals surface area (Å²) in [6.45, 7) is 3.33. The van der Waals surface area contributed by atoms with Crippen molar-refractivity contribution in [3.63, 3.8) is 0 Å². The molecule has 3 N–H and O–H groups in total. The fraction of sp³-hybridized carbons (Fsp3) is 0.381. The molecule has 1 aromatic heterocycles. The molecule has 10 nitrogen and oxygen atoms in total. The molecule has 3 rings (SSSR count). The number of nitrogens with one attached hydrogen (secondary N) is 1. The average Bonchev–Trinajstić information content (AvgIpc) is 3.06. The van der Waals surface area contributed by atoms with Gasteiger partial charge in [0.05, 0.1) is 17.1 Å². The van der Waals surface area contributed by atoms with Gasteiger partial charge in [-0.05, 0) is 25.5 Å². The third kappa shape index (κ3) is 9.16. The smallest absolute Gasteiger partial charge is 0.383 e. The number of rotatable bonds is 6. The Morgan fingerprint density at radius 2 is 2.09 bits per heavy atom. The van der Waals surface area contributed by atoms with Gasteiger partial charge in [0.25, 0.3) is 5.69 Å². The topological polar surface area (TPSA) is 136 Å². The molecular weight excluding hydrogens is 476 g/mol. The van der Waals surface area contributed by atoms with Crippen molar-refractivity contribution in [3.8, 4) is 0 Å². The number of benzene rings is 1. The molecule has 1 aliphatic heterocycles. The number of amidine groups is 1. The number of pyridine rings is 1. The van der Waals surface area contributed by atoms with Gasteiger partial charge in [0.2, 0.25) is 6.41 Å². The lowest BCUT2D eigenvalue weighted by Gasteiger charge is -2.14. The molecule has 1 saturated heterocycles. The number of aryl methyl sites for hydroxylation is 1. The summed E-state index contributed by atoms with van der Waals surface area (Å²) >= 11 is 0. The Bertz CT molecular complexity index is 1060. The van der Waals surface area contributed by atoms with Crippen LogP contribution in [0.25, 0.3) is 0 Å². The van der Waals surface area contributed by atoms with E-state index in [1.165, 1.54) is 12.3 Å². The number of ether oxygens (including phenoxy) is 1. The molecule has 1 fully saturated rings. The zero-order chi connectivity index (χ0) is 26.0. The first kappa shape index (κ1) is 27.4. The third-order valence-corrected chi connectivity index (χ3v) is 4.58. The highest BCUT2D eigenvalue weighted by atomic mass is 19.4. The highest BCUT2D eigenvalue weighted by Crippen LogP contribution is 2.29. The first-order valence-electron chi connectivity index (χ1n) is 10.3. The van der Waals surface area contributed by atoms with E-state index >= 15 is 0 Å². The summed E-state index contributed by atoms with van der Waals surface area (Å²) < 4.78 is 55.8. The van der Waals surface area contributed by atoms with Crippen molar-refractivity contribution >= 4 is 29.3 Å². The first-order chi connectivity index (χ1) is 16.5. The maximum absolute atomic E-state index is 13.4. The highest BCUT2D eigenvalue weighted by molar-refractivity contribution is 6.03. The summed E-state index contributed by atoms with van der Waals surface area (Å²) in [5.74, 6) is -1.13. The van der Waals surface area contributed by atoms with Crippen LogP contribution in [0.4, 0.5) is 34.6 Å². The van der Waals surface area contributed by atoms with E-state index in [0.717, 1.165) is 50.7 Å². The van der Waals surface area contributed by atoms with Crippen LogP contribution in [-0.4, -0.2) is 66.1 Å². The van der Waals surface area contributed by atoms with Crippen molar-refractivity contribution < 1.29 is 32.0 Å². The van der Waals surface area contributed by atoms with Crippen LogP contribution >= 0.6 is 0 Å². The predicted molar refractivity (Wildman–Crippen MR) is 120 cm³/mol. The van der Waals surface area contributed by atoms with Gasteiger partial charge in [0.15, 0.2) is 0 Å². The highest BCUT2D eigenvalue weighted by Gasteiger charge is 2.27. The molecule has 2 heterocycles. The summed E-state index contributed by atoms with van der Waals surface area (Å²) in [5.41, 5.74) is 5.33. The Kier molecular flexibility index (Phi) is 9.87. The van der Waals surface area contributed by atoms with Crippen LogP contribution in [0.3, 0.4) is 0 Å². The molecule has 0 radical (unpaired) electrons. The van der Waals surface area contributed by atoms with Crippen molar-refractivity contribution in [2.75, 3.05) is 38.2 Å². The minimum absolute atomic E-state index is 0.00147. The quantitative estimate of drug-likeness (QED) is 0.155. The van der Waals surface area contributed by atoms with Crippen LogP contribution in [0, 0.1) is 22.9 Å². The standard InChI is InChI=1S/C15H13F4N5O2.C6H11NO2/c1-8-4-11(22-7-15(17,18)19)10(6-21-8)14(20)23-12-5-9(16)2-3-13(12)24(25)26;8-6-7-2-1-4-9-5-3-7/h2-6H,7H2,1H3,(H2,20,23)(H,21,22);6H,1-5H2. The van der Waals surface area contributed by atoms with Crippen molar-refractivity contribution in [3.05, 3.63) is 57.7 Å². The van der Waals surface area contributed by atoms with Gasteiger partial charge < -0.3 is 20.7 Å². The number of carbonyl (C=O) groups excluding carboxylic acids is 1. The number of aromatic nitrogens is 1. The second kappa shape index (κ2) is 12.6. The van der Waals surface area contributed by atoms with E-state index in [-0.39, 0.29) is 22.8 Å². The Morgan fingerprint density at radius 3 is 2.74 bits per heavy atom. The number of nitrogens with two attached hydrogens (primary N) is 1. The molecule has 2 aromatic rings. The molecule has 1 aromatic carbocycles.